The zero-order chi connectivity index (χ0) is 21.9. The Morgan fingerprint density at radius 2 is 1.77 bits per heavy atom. The van der Waals surface area contributed by atoms with Crippen LogP contribution in [0.15, 0.2) is 48.5 Å². The van der Waals surface area contributed by atoms with Gasteiger partial charge in [-0.1, -0.05) is 38.1 Å². The van der Waals surface area contributed by atoms with Gasteiger partial charge in [0, 0.05) is 38.3 Å². The van der Waals surface area contributed by atoms with Crippen molar-refractivity contribution in [2.45, 2.75) is 58.6 Å². The normalized spacial score (nSPS) is 14.0. The molecule has 1 fully saturated rings. The Balaban J connectivity index is 1.45. The smallest absolute Gasteiger partial charge is 0.253 e. The van der Waals surface area contributed by atoms with Gasteiger partial charge in [0.15, 0.2) is 0 Å². The van der Waals surface area contributed by atoms with Crippen LogP contribution >= 0.6 is 0 Å². The number of carbonyl (C=O) groups is 1. The van der Waals surface area contributed by atoms with Crippen LogP contribution in [0.1, 0.15) is 61.9 Å². The van der Waals surface area contributed by atoms with Gasteiger partial charge in [0.25, 0.3) is 5.91 Å². The van der Waals surface area contributed by atoms with Gasteiger partial charge in [0.1, 0.15) is 5.75 Å². The maximum absolute atomic E-state index is 12.7. The van der Waals surface area contributed by atoms with Crippen molar-refractivity contribution in [2.75, 3.05) is 31.5 Å². The van der Waals surface area contributed by atoms with Crippen molar-refractivity contribution >= 4 is 11.6 Å². The Labute approximate surface area is 187 Å². The molecule has 1 amide bonds. The molecule has 2 aromatic carbocycles. The molecule has 5 heteroatoms. The summed E-state index contributed by atoms with van der Waals surface area (Å²) in [5.74, 6) is 1.08. The molecule has 2 N–H and O–H groups in total. The number of hydrogen-bond acceptors (Lipinski definition) is 4. The number of para-hydroxylation sites is 2. The minimum Gasteiger partial charge on any atom is -0.488 e. The molecule has 1 heterocycles. The van der Waals surface area contributed by atoms with Gasteiger partial charge in [-0.15, -0.1) is 0 Å². The van der Waals surface area contributed by atoms with E-state index in [2.05, 4.69) is 36.6 Å². The number of nitrogens with one attached hydrogen (secondary N) is 2. The highest BCUT2D eigenvalue weighted by molar-refractivity contribution is 5.94. The lowest BCUT2D eigenvalue weighted by molar-refractivity contribution is 0.0724. The highest BCUT2D eigenvalue weighted by Crippen LogP contribution is 2.25. The lowest BCUT2D eigenvalue weighted by Crippen LogP contribution is -2.35. The van der Waals surface area contributed by atoms with Crippen molar-refractivity contribution in [2.24, 2.45) is 0 Å². The first kappa shape index (κ1) is 23.1. The summed E-state index contributed by atoms with van der Waals surface area (Å²) in [5.41, 5.74) is 2.97. The van der Waals surface area contributed by atoms with Crippen LogP contribution in [0, 0.1) is 0 Å². The summed E-state index contributed by atoms with van der Waals surface area (Å²) in [5, 5.41) is 6.95. The zero-order valence-electron chi connectivity index (χ0n) is 19.0. The first-order valence-electron chi connectivity index (χ1n) is 11.8. The number of carbonyl (C=O) groups excluding carboxylic acids is 1. The van der Waals surface area contributed by atoms with Gasteiger partial charge in [-0.05, 0) is 61.9 Å². The van der Waals surface area contributed by atoms with E-state index in [1.54, 1.807) is 0 Å². The number of anilines is 1. The minimum absolute atomic E-state index is 0.164. The van der Waals surface area contributed by atoms with Gasteiger partial charge in [-0.3, -0.25) is 4.79 Å². The number of rotatable bonds is 11. The zero-order valence-corrected chi connectivity index (χ0v) is 19.0. The third-order valence-corrected chi connectivity index (χ3v) is 5.85. The first-order valence-corrected chi connectivity index (χ1v) is 11.8. The largest absolute Gasteiger partial charge is 0.488 e. The summed E-state index contributed by atoms with van der Waals surface area (Å²) < 4.78 is 6.14. The van der Waals surface area contributed by atoms with E-state index in [0.717, 1.165) is 81.0 Å². The van der Waals surface area contributed by atoms with Crippen LogP contribution in [0.3, 0.4) is 0 Å². The number of benzene rings is 2. The molecule has 1 aliphatic heterocycles. The fourth-order valence-corrected chi connectivity index (χ4v) is 3.96. The van der Waals surface area contributed by atoms with Crippen LogP contribution in [-0.4, -0.2) is 43.1 Å². The summed E-state index contributed by atoms with van der Waals surface area (Å²) in [6.07, 6.45) is 5.73. The maximum atomic E-state index is 12.7. The van der Waals surface area contributed by atoms with Crippen molar-refractivity contribution in [3.8, 4) is 5.75 Å². The van der Waals surface area contributed by atoms with Crippen molar-refractivity contribution in [3.05, 3.63) is 59.7 Å². The Hall–Kier alpha value is -2.53. The molecule has 0 aliphatic carbocycles. The van der Waals surface area contributed by atoms with Gasteiger partial charge in [-0.2, -0.15) is 0 Å². The highest BCUT2D eigenvalue weighted by Gasteiger charge is 2.18. The third-order valence-electron chi connectivity index (χ3n) is 5.85. The van der Waals surface area contributed by atoms with E-state index in [0.29, 0.717) is 0 Å². The Bertz CT molecular complexity index is 814. The molecular weight excluding hydrogens is 386 g/mol. The van der Waals surface area contributed by atoms with Gasteiger partial charge >= 0.3 is 0 Å². The summed E-state index contributed by atoms with van der Waals surface area (Å²) >= 11 is 0. The molecule has 168 valence electrons. The second-order valence-corrected chi connectivity index (χ2v) is 8.21. The van der Waals surface area contributed by atoms with Crippen LogP contribution < -0.4 is 15.4 Å². The molecule has 5 nitrogen and oxygen atoms in total. The van der Waals surface area contributed by atoms with Gasteiger partial charge in [0.2, 0.25) is 0 Å². The van der Waals surface area contributed by atoms with Crippen molar-refractivity contribution in [3.63, 3.8) is 0 Å². The van der Waals surface area contributed by atoms with E-state index in [4.69, 9.17) is 4.74 Å². The SMILES string of the molecule is CCC(CC)Oc1ccccc1NCCNCc1cccc(C(=O)N2CCCCC2)c1. The molecule has 0 atom stereocenters. The number of ether oxygens (including phenoxy) is 1. The maximum Gasteiger partial charge on any atom is 0.253 e. The Kier molecular flexibility index (Phi) is 9.22. The van der Waals surface area contributed by atoms with Crippen LogP contribution in [0.25, 0.3) is 0 Å². The monoisotopic (exact) mass is 423 g/mol. The van der Waals surface area contributed by atoms with Crippen LogP contribution in [0.4, 0.5) is 5.69 Å². The number of nitrogens with zero attached hydrogens (tertiary/aromatic N) is 1. The molecule has 0 saturated carbocycles. The summed E-state index contributed by atoms with van der Waals surface area (Å²) in [7, 11) is 0. The Morgan fingerprint density at radius 1 is 1.00 bits per heavy atom. The number of piperidine rings is 1. The lowest BCUT2D eigenvalue weighted by Gasteiger charge is -2.26. The molecular formula is C26H37N3O2. The van der Waals surface area contributed by atoms with E-state index in [1.165, 1.54) is 6.42 Å². The molecule has 1 aliphatic rings. The van der Waals surface area contributed by atoms with E-state index < -0.39 is 0 Å². The van der Waals surface area contributed by atoms with Crippen LogP contribution in [0.2, 0.25) is 0 Å². The van der Waals surface area contributed by atoms with Crippen molar-refractivity contribution in [1.82, 2.24) is 10.2 Å². The minimum atomic E-state index is 0.164. The average molecular weight is 424 g/mol. The van der Waals surface area contributed by atoms with Gasteiger partial charge in [-0.25, -0.2) is 0 Å². The summed E-state index contributed by atoms with van der Waals surface area (Å²) in [4.78, 5) is 14.7. The molecule has 0 aromatic heterocycles. The van der Waals surface area contributed by atoms with Gasteiger partial charge in [0.05, 0.1) is 11.8 Å². The summed E-state index contributed by atoms with van der Waals surface area (Å²) in [6, 6.07) is 16.1. The predicted molar refractivity (Wildman–Crippen MR) is 128 cm³/mol. The topological polar surface area (TPSA) is 53.6 Å². The third kappa shape index (κ3) is 7.00. The first-order chi connectivity index (χ1) is 15.2. The van der Waals surface area contributed by atoms with Crippen molar-refractivity contribution < 1.29 is 9.53 Å². The Morgan fingerprint density at radius 3 is 2.55 bits per heavy atom. The lowest BCUT2D eigenvalue weighted by atomic mass is 10.1. The highest BCUT2D eigenvalue weighted by atomic mass is 16.5. The number of hydrogen-bond donors (Lipinski definition) is 2. The fraction of sp³-hybridized carbons (Fsp3) is 0.500. The molecule has 31 heavy (non-hydrogen) atoms. The average Bonchev–Trinajstić information content (AvgIpc) is 2.83. The molecule has 3 rings (SSSR count). The fourth-order valence-electron chi connectivity index (χ4n) is 3.96. The van der Waals surface area contributed by atoms with Crippen LogP contribution in [0.5, 0.6) is 5.75 Å². The molecule has 0 bridgehead atoms. The molecule has 1 saturated heterocycles. The van der Waals surface area contributed by atoms with E-state index in [-0.39, 0.29) is 12.0 Å². The molecule has 2 aromatic rings. The second-order valence-electron chi connectivity index (χ2n) is 8.21. The van der Waals surface area contributed by atoms with Crippen LogP contribution in [-0.2, 0) is 6.54 Å². The number of likely N-dealkylation sites (tertiary alicyclic amines) is 1. The molecule has 0 unspecified atom stereocenters. The van der Waals surface area contributed by atoms with Gasteiger partial charge < -0.3 is 20.3 Å². The molecule has 0 spiro atoms. The predicted octanol–water partition coefficient (Wildman–Crippen LogP) is 5.08. The molecule has 0 radical (unpaired) electrons. The van der Waals surface area contributed by atoms with E-state index in [9.17, 15) is 4.79 Å². The van der Waals surface area contributed by atoms with E-state index in [1.807, 2.05) is 41.3 Å². The van der Waals surface area contributed by atoms with Crippen molar-refractivity contribution in [1.29, 1.82) is 0 Å². The standard InChI is InChI=1S/C26H37N3O2/c1-3-23(4-2)31-25-14-7-6-13-24(25)28-16-15-27-20-21-11-10-12-22(19-21)26(30)29-17-8-5-9-18-29/h6-7,10-14,19,23,27-28H,3-5,8-9,15-18,20H2,1-2H3. The summed E-state index contributed by atoms with van der Waals surface area (Å²) in [6.45, 7) is 8.45. The number of amides is 1. The van der Waals surface area contributed by atoms with E-state index >= 15 is 0 Å². The second kappa shape index (κ2) is 12.4. The quantitative estimate of drug-likeness (QED) is 0.495.